The predicted octanol–water partition coefficient (Wildman–Crippen LogP) is 3.31. The number of benzene rings is 1. The number of pyridine rings is 1. The van der Waals surface area contributed by atoms with Crippen molar-refractivity contribution >= 4 is 35.8 Å². The number of aromatic nitrogens is 1. The smallest absolute Gasteiger partial charge is 0.189 e. The van der Waals surface area contributed by atoms with Crippen LogP contribution in [0.3, 0.4) is 0 Å². The Labute approximate surface area is 189 Å². The van der Waals surface area contributed by atoms with Crippen molar-refractivity contribution in [3.8, 4) is 11.5 Å². The number of nitrogens with one attached hydrogen (secondary N) is 1. The first kappa shape index (κ1) is 23.1. The van der Waals surface area contributed by atoms with E-state index in [4.69, 9.17) is 15.2 Å². The van der Waals surface area contributed by atoms with Crippen LogP contribution in [0, 0.1) is 0 Å². The van der Waals surface area contributed by atoms with Crippen LogP contribution in [-0.4, -0.2) is 38.3 Å². The van der Waals surface area contributed by atoms with Crippen molar-refractivity contribution in [1.29, 1.82) is 0 Å². The van der Waals surface area contributed by atoms with Gasteiger partial charge in [-0.05, 0) is 54.7 Å². The molecule has 0 bridgehead atoms. The van der Waals surface area contributed by atoms with Crippen molar-refractivity contribution in [2.45, 2.75) is 32.4 Å². The minimum atomic E-state index is 0. The van der Waals surface area contributed by atoms with Crippen molar-refractivity contribution in [1.82, 2.24) is 10.3 Å². The third kappa shape index (κ3) is 6.66. The number of nitrogens with two attached hydrogens (primary N) is 1. The van der Waals surface area contributed by atoms with Crippen molar-refractivity contribution in [3.05, 3.63) is 47.7 Å². The largest absolute Gasteiger partial charge is 0.493 e. The Morgan fingerprint density at radius 2 is 1.83 bits per heavy atom. The highest BCUT2D eigenvalue weighted by atomic mass is 127. The first-order chi connectivity index (χ1) is 13.7. The maximum absolute atomic E-state index is 6.03. The number of rotatable bonds is 7. The normalized spacial score (nSPS) is 14.1. The van der Waals surface area contributed by atoms with E-state index in [1.54, 1.807) is 14.2 Å². The van der Waals surface area contributed by atoms with Crippen LogP contribution >= 0.6 is 24.0 Å². The Kier molecular flexibility index (Phi) is 9.30. The summed E-state index contributed by atoms with van der Waals surface area (Å²) >= 11 is 0. The minimum absolute atomic E-state index is 0. The Morgan fingerprint density at radius 1 is 1.07 bits per heavy atom. The maximum Gasteiger partial charge on any atom is 0.189 e. The molecule has 0 spiro atoms. The summed E-state index contributed by atoms with van der Waals surface area (Å²) in [6, 6.07) is 9.85. The molecule has 1 saturated heterocycles. The molecule has 2 heterocycles. The average Bonchev–Trinajstić information content (AvgIpc) is 2.76. The van der Waals surface area contributed by atoms with Gasteiger partial charge in [0.05, 0.1) is 20.8 Å². The second-order valence-corrected chi connectivity index (χ2v) is 6.81. The number of ether oxygens (including phenoxy) is 2. The molecule has 29 heavy (non-hydrogen) atoms. The van der Waals surface area contributed by atoms with Crippen LogP contribution in [0.5, 0.6) is 11.5 Å². The van der Waals surface area contributed by atoms with Gasteiger partial charge in [-0.3, -0.25) is 0 Å². The number of piperidine rings is 1. The molecule has 1 aromatic heterocycles. The number of methoxy groups -OCH3 is 2. The lowest BCUT2D eigenvalue weighted by Gasteiger charge is -2.27. The molecule has 7 nitrogen and oxygen atoms in total. The first-order valence-electron chi connectivity index (χ1n) is 9.64. The van der Waals surface area contributed by atoms with E-state index in [9.17, 15) is 0 Å². The minimum Gasteiger partial charge on any atom is -0.493 e. The van der Waals surface area contributed by atoms with Gasteiger partial charge in [-0.15, -0.1) is 24.0 Å². The highest BCUT2D eigenvalue weighted by Gasteiger charge is 2.12. The molecule has 1 fully saturated rings. The van der Waals surface area contributed by atoms with Gasteiger partial charge in [-0.1, -0.05) is 6.07 Å². The van der Waals surface area contributed by atoms with Crippen molar-refractivity contribution in [2.24, 2.45) is 10.7 Å². The number of hydrogen-bond donors (Lipinski definition) is 2. The lowest BCUT2D eigenvalue weighted by molar-refractivity contribution is 0.354. The first-order valence-corrected chi connectivity index (χ1v) is 9.64. The van der Waals surface area contributed by atoms with Crippen LogP contribution in [0.1, 0.15) is 30.4 Å². The van der Waals surface area contributed by atoms with Crippen LogP contribution < -0.4 is 25.4 Å². The van der Waals surface area contributed by atoms with Crippen molar-refractivity contribution < 1.29 is 9.47 Å². The number of nitrogens with zero attached hydrogens (tertiary/aromatic N) is 3. The molecular formula is C21H30IN5O2. The SMILES string of the molecule is COc1ccc(CN=C(N)NCc2ccnc(N3CCCCC3)c2)cc1OC.I. The maximum atomic E-state index is 6.03. The predicted molar refractivity (Wildman–Crippen MR) is 127 cm³/mol. The molecule has 0 aliphatic carbocycles. The van der Waals surface area contributed by atoms with E-state index >= 15 is 0 Å². The fourth-order valence-electron chi connectivity index (χ4n) is 3.27. The van der Waals surface area contributed by atoms with Gasteiger partial charge in [0, 0.05) is 25.8 Å². The van der Waals surface area contributed by atoms with E-state index in [1.807, 2.05) is 30.5 Å². The van der Waals surface area contributed by atoms with Crippen LogP contribution in [0.25, 0.3) is 0 Å². The summed E-state index contributed by atoms with van der Waals surface area (Å²) < 4.78 is 10.6. The average molecular weight is 511 g/mol. The number of aliphatic imine (C=N–C) groups is 1. The summed E-state index contributed by atoms with van der Waals surface area (Å²) in [5.74, 6) is 2.83. The summed E-state index contributed by atoms with van der Waals surface area (Å²) in [6.07, 6.45) is 5.64. The zero-order valence-electron chi connectivity index (χ0n) is 17.1. The molecule has 158 valence electrons. The molecule has 1 aromatic carbocycles. The van der Waals surface area contributed by atoms with Gasteiger partial charge >= 0.3 is 0 Å². The molecular weight excluding hydrogens is 481 g/mol. The zero-order valence-corrected chi connectivity index (χ0v) is 19.4. The Morgan fingerprint density at radius 3 is 2.55 bits per heavy atom. The van der Waals surface area contributed by atoms with Crippen molar-refractivity contribution in [2.75, 3.05) is 32.2 Å². The number of hydrogen-bond acceptors (Lipinski definition) is 5. The van der Waals surface area contributed by atoms with E-state index in [1.165, 1.54) is 19.3 Å². The van der Waals surface area contributed by atoms with E-state index in [0.717, 1.165) is 30.0 Å². The molecule has 1 aliphatic heterocycles. The summed E-state index contributed by atoms with van der Waals surface area (Å²) in [5, 5.41) is 3.18. The summed E-state index contributed by atoms with van der Waals surface area (Å²) in [7, 11) is 3.24. The highest BCUT2D eigenvalue weighted by molar-refractivity contribution is 14.0. The van der Waals surface area contributed by atoms with E-state index in [-0.39, 0.29) is 24.0 Å². The molecule has 1 aliphatic rings. The summed E-state index contributed by atoms with van der Waals surface area (Å²) in [4.78, 5) is 11.3. The molecule has 3 N–H and O–H groups in total. The second-order valence-electron chi connectivity index (χ2n) is 6.81. The Hall–Kier alpha value is -2.23. The monoisotopic (exact) mass is 511 g/mol. The van der Waals surface area contributed by atoms with Crippen LogP contribution in [0.15, 0.2) is 41.5 Å². The van der Waals surface area contributed by atoms with Crippen molar-refractivity contribution in [3.63, 3.8) is 0 Å². The van der Waals surface area contributed by atoms with Gasteiger partial charge in [0.1, 0.15) is 5.82 Å². The Bertz CT molecular complexity index is 809. The molecule has 0 saturated carbocycles. The zero-order chi connectivity index (χ0) is 19.8. The third-order valence-electron chi connectivity index (χ3n) is 4.84. The number of anilines is 1. The summed E-state index contributed by atoms with van der Waals surface area (Å²) in [6.45, 7) is 3.25. The topological polar surface area (TPSA) is 85.0 Å². The number of halogens is 1. The lowest BCUT2D eigenvalue weighted by Crippen LogP contribution is -2.32. The standard InChI is InChI=1S/C21H29N5O2.HI/c1-27-18-7-6-16(12-19(18)28-2)14-24-21(22)25-15-17-8-9-23-20(13-17)26-10-4-3-5-11-26;/h6-9,12-13H,3-5,10-11,14-15H2,1-2H3,(H3,22,24,25);1H. The van der Waals surface area contributed by atoms with Gasteiger partial charge in [-0.2, -0.15) is 0 Å². The molecule has 3 rings (SSSR count). The molecule has 0 radical (unpaired) electrons. The van der Waals surface area contributed by atoms with Gasteiger partial charge in [0.2, 0.25) is 0 Å². The number of guanidine groups is 1. The van der Waals surface area contributed by atoms with Gasteiger partial charge in [-0.25, -0.2) is 9.98 Å². The fraction of sp³-hybridized carbons (Fsp3) is 0.429. The quantitative estimate of drug-likeness (QED) is 0.337. The van der Waals surface area contributed by atoms with Gasteiger partial charge < -0.3 is 25.4 Å². The molecule has 0 atom stereocenters. The summed E-state index contributed by atoms with van der Waals surface area (Å²) in [5.41, 5.74) is 8.17. The second kappa shape index (κ2) is 11.7. The molecule has 2 aromatic rings. The van der Waals surface area contributed by atoms with Crippen LogP contribution in [0.2, 0.25) is 0 Å². The highest BCUT2D eigenvalue weighted by Crippen LogP contribution is 2.27. The fourth-order valence-corrected chi connectivity index (χ4v) is 3.27. The Balaban J connectivity index is 0.00000300. The van der Waals surface area contributed by atoms with E-state index < -0.39 is 0 Å². The molecule has 0 unspecified atom stereocenters. The van der Waals surface area contributed by atoms with Gasteiger partial charge in [0.15, 0.2) is 17.5 Å². The van der Waals surface area contributed by atoms with Crippen LogP contribution in [-0.2, 0) is 13.1 Å². The van der Waals surface area contributed by atoms with Crippen LogP contribution in [0.4, 0.5) is 5.82 Å². The molecule has 8 heteroatoms. The van der Waals surface area contributed by atoms with E-state index in [2.05, 4.69) is 26.3 Å². The van der Waals surface area contributed by atoms with E-state index in [0.29, 0.717) is 30.5 Å². The van der Waals surface area contributed by atoms with Gasteiger partial charge in [0.25, 0.3) is 0 Å². The lowest BCUT2D eigenvalue weighted by atomic mass is 10.1. The molecule has 0 amide bonds. The third-order valence-corrected chi connectivity index (χ3v) is 4.84.